The van der Waals surface area contributed by atoms with Crippen LogP contribution in [0.4, 0.5) is 16.6 Å². The van der Waals surface area contributed by atoms with Crippen molar-refractivity contribution < 1.29 is 4.79 Å². The van der Waals surface area contributed by atoms with Crippen LogP contribution in [0.3, 0.4) is 0 Å². The fraction of sp³-hybridized carbons (Fsp3) is 0.200. The Morgan fingerprint density at radius 2 is 2.00 bits per heavy atom. The lowest BCUT2D eigenvalue weighted by Crippen LogP contribution is -2.16. The summed E-state index contributed by atoms with van der Waals surface area (Å²) in [7, 11) is 1.79. The second-order valence-electron chi connectivity index (χ2n) is 5.10. The van der Waals surface area contributed by atoms with Crippen molar-refractivity contribution in [3.8, 4) is 0 Å². The van der Waals surface area contributed by atoms with Crippen LogP contribution in [0.15, 0.2) is 29.8 Å². The molecule has 3 aromatic rings. The average Bonchev–Trinajstić information content (AvgIpc) is 3.09. The Balaban J connectivity index is 1.87. The monoisotopic (exact) mass is 328 g/mol. The highest BCUT2D eigenvalue weighted by Gasteiger charge is 2.16. The van der Waals surface area contributed by atoms with Gasteiger partial charge in [0.25, 0.3) is 5.91 Å². The maximum absolute atomic E-state index is 12.5. The second kappa shape index (κ2) is 6.17. The van der Waals surface area contributed by atoms with Gasteiger partial charge in [0.05, 0.1) is 11.4 Å². The maximum Gasteiger partial charge on any atom is 0.277 e. The molecule has 8 heteroatoms. The number of amides is 1. The van der Waals surface area contributed by atoms with Gasteiger partial charge in [0.15, 0.2) is 16.6 Å². The molecule has 0 atom stereocenters. The smallest absolute Gasteiger partial charge is 0.277 e. The van der Waals surface area contributed by atoms with Crippen LogP contribution in [0.1, 0.15) is 21.9 Å². The van der Waals surface area contributed by atoms with Crippen LogP contribution in [0.5, 0.6) is 0 Å². The number of rotatable bonds is 4. The topological polar surface area (TPSA) is 84.7 Å². The molecule has 0 aromatic carbocycles. The number of carbonyl (C=O) groups is 1. The summed E-state index contributed by atoms with van der Waals surface area (Å²) in [5.74, 6) is 0.167. The van der Waals surface area contributed by atoms with E-state index in [0.717, 1.165) is 16.5 Å². The minimum absolute atomic E-state index is 0.309. The Labute approximate surface area is 137 Å². The fourth-order valence-electron chi connectivity index (χ4n) is 2.01. The fourth-order valence-corrected chi connectivity index (χ4v) is 2.71. The van der Waals surface area contributed by atoms with Gasteiger partial charge in [-0.1, -0.05) is 0 Å². The highest BCUT2D eigenvalue weighted by Crippen LogP contribution is 2.23. The zero-order chi connectivity index (χ0) is 16.4. The van der Waals surface area contributed by atoms with E-state index in [0.29, 0.717) is 17.2 Å². The number of aromatic nitrogens is 4. The lowest BCUT2D eigenvalue weighted by atomic mass is 10.2. The van der Waals surface area contributed by atoms with E-state index in [1.807, 2.05) is 31.4 Å². The van der Waals surface area contributed by atoms with Crippen molar-refractivity contribution in [2.75, 3.05) is 10.6 Å². The molecular weight excluding hydrogens is 312 g/mol. The predicted octanol–water partition coefficient (Wildman–Crippen LogP) is 2.88. The van der Waals surface area contributed by atoms with Crippen LogP contribution >= 0.6 is 11.3 Å². The van der Waals surface area contributed by atoms with Gasteiger partial charge >= 0.3 is 0 Å². The van der Waals surface area contributed by atoms with Crippen molar-refractivity contribution >= 4 is 33.9 Å². The number of hydrogen-bond acceptors (Lipinski definition) is 6. The van der Waals surface area contributed by atoms with Crippen LogP contribution < -0.4 is 10.6 Å². The summed E-state index contributed by atoms with van der Waals surface area (Å²) in [6.07, 6.45) is 1.76. The number of carbonyl (C=O) groups excluding carboxylic acids is 1. The standard InChI is InChI=1S/C15H16N6OS/c1-9-4-5-11(18-15-17-10(2)8-23-15)13(16-9)14(22)19-12-6-7-21(3)20-12/h4-8H,1-3H3,(H,17,18)(H,19,20,22). The summed E-state index contributed by atoms with van der Waals surface area (Å²) in [5.41, 5.74) is 2.61. The third-order valence-corrected chi connectivity index (χ3v) is 3.94. The Morgan fingerprint density at radius 1 is 1.17 bits per heavy atom. The minimum atomic E-state index is -0.317. The quantitative estimate of drug-likeness (QED) is 0.769. The molecule has 0 fully saturated rings. The molecular formula is C15H16N6OS. The van der Waals surface area contributed by atoms with Gasteiger partial charge in [-0.2, -0.15) is 5.10 Å². The Hall–Kier alpha value is -2.74. The van der Waals surface area contributed by atoms with Crippen LogP contribution in [-0.4, -0.2) is 25.7 Å². The number of hydrogen-bond donors (Lipinski definition) is 2. The molecule has 0 aliphatic rings. The largest absolute Gasteiger partial charge is 0.330 e. The van der Waals surface area contributed by atoms with E-state index in [1.54, 1.807) is 24.0 Å². The number of thiazole rings is 1. The highest BCUT2D eigenvalue weighted by molar-refractivity contribution is 7.13. The van der Waals surface area contributed by atoms with Gasteiger partial charge in [-0.15, -0.1) is 11.3 Å². The molecule has 2 N–H and O–H groups in total. The summed E-state index contributed by atoms with van der Waals surface area (Å²) in [6, 6.07) is 5.40. The molecule has 23 heavy (non-hydrogen) atoms. The van der Waals surface area contributed by atoms with E-state index in [-0.39, 0.29) is 5.91 Å². The van der Waals surface area contributed by atoms with E-state index >= 15 is 0 Å². The van der Waals surface area contributed by atoms with Crippen LogP contribution in [0.2, 0.25) is 0 Å². The van der Waals surface area contributed by atoms with E-state index in [2.05, 4.69) is 25.7 Å². The molecule has 7 nitrogen and oxygen atoms in total. The average molecular weight is 328 g/mol. The van der Waals surface area contributed by atoms with Crippen LogP contribution in [0, 0.1) is 13.8 Å². The molecule has 3 rings (SSSR count). The number of pyridine rings is 1. The molecule has 0 unspecified atom stereocenters. The Bertz CT molecular complexity index is 853. The third-order valence-electron chi connectivity index (χ3n) is 3.07. The summed E-state index contributed by atoms with van der Waals surface area (Å²) in [6.45, 7) is 3.76. The summed E-state index contributed by atoms with van der Waals surface area (Å²) >= 11 is 1.48. The van der Waals surface area contributed by atoms with Crippen molar-refractivity contribution in [1.82, 2.24) is 19.7 Å². The first-order chi connectivity index (χ1) is 11.0. The maximum atomic E-state index is 12.5. The first-order valence-corrected chi connectivity index (χ1v) is 7.87. The predicted molar refractivity (Wildman–Crippen MR) is 90.3 cm³/mol. The molecule has 0 aliphatic heterocycles. The highest BCUT2D eigenvalue weighted by atomic mass is 32.1. The molecule has 0 bridgehead atoms. The van der Waals surface area contributed by atoms with Gasteiger partial charge in [-0.05, 0) is 26.0 Å². The molecule has 0 aliphatic carbocycles. The number of anilines is 3. The molecule has 3 heterocycles. The molecule has 118 valence electrons. The van der Waals surface area contributed by atoms with Crippen molar-refractivity contribution in [1.29, 1.82) is 0 Å². The van der Waals surface area contributed by atoms with Gasteiger partial charge < -0.3 is 10.6 Å². The lowest BCUT2D eigenvalue weighted by molar-refractivity contribution is 0.102. The van der Waals surface area contributed by atoms with Gasteiger partial charge in [0.2, 0.25) is 0 Å². The van der Waals surface area contributed by atoms with E-state index in [1.165, 1.54) is 11.3 Å². The lowest BCUT2D eigenvalue weighted by Gasteiger charge is -2.09. The van der Waals surface area contributed by atoms with E-state index in [4.69, 9.17) is 0 Å². The number of aryl methyl sites for hydroxylation is 3. The minimum Gasteiger partial charge on any atom is -0.330 e. The summed E-state index contributed by atoms with van der Waals surface area (Å²) in [5, 5.41) is 12.7. The molecule has 3 aromatic heterocycles. The summed E-state index contributed by atoms with van der Waals surface area (Å²) in [4.78, 5) is 21.2. The number of nitrogens with zero attached hydrogens (tertiary/aromatic N) is 4. The number of nitrogens with one attached hydrogen (secondary N) is 2. The molecule has 0 radical (unpaired) electrons. The Kier molecular flexibility index (Phi) is 4.07. The molecule has 0 saturated heterocycles. The van der Waals surface area contributed by atoms with E-state index in [9.17, 15) is 4.79 Å². The van der Waals surface area contributed by atoms with Crippen molar-refractivity contribution in [3.63, 3.8) is 0 Å². The third kappa shape index (κ3) is 3.54. The normalized spacial score (nSPS) is 10.6. The molecule has 1 amide bonds. The van der Waals surface area contributed by atoms with Crippen molar-refractivity contribution in [2.45, 2.75) is 13.8 Å². The Morgan fingerprint density at radius 3 is 2.65 bits per heavy atom. The summed E-state index contributed by atoms with van der Waals surface area (Å²) < 4.78 is 1.62. The van der Waals surface area contributed by atoms with Crippen LogP contribution in [-0.2, 0) is 7.05 Å². The van der Waals surface area contributed by atoms with Gasteiger partial charge in [0.1, 0.15) is 0 Å². The van der Waals surface area contributed by atoms with Gasteiger partial charge in [-0.3, -0.25) is 9.48 Å². The zero-order valence-electron chi connectivity index (χ0n) is 13.0. The van der Waals surface area contributed by atoms with Gasteiger partial charge in [0, 0.05) is 30.4 Å². The molecule has 0 spiro atoms. The molecule has 0 saturated carbocycles. The zero-order valence-corrected chi connectivity index (χ0v) is 13.8. The van der Waals surface area contributed by atoms with Crippen molar-refractivity contribution in [3.05, 3.63) is 46.9 Å². The van der Waals surface area contributed by atoms with E-state index < -0.39 is 0 Å². The van der Waals surface area contributed by atoms with Gasteiger partial charge in [-0.25, -0.2) is 9.97 Å². The van der Waals surface area contributed by atoms with Crippen molar-refractivity contribution in [2.24, 2.45) is 7.05 Å². The first kappa shape index (κ1) is 15.2. The van der Waals surface area contributed by atoms with Crippen LogP contribution in [0.25, 0.3) is 0 Å². The first-order valence-electron chi connectivity index (χ1n) is 6.99. The second-order valence-corrected chi connectivity index (χ2v) is 5.95. The SMILES string of the molecule is Cc1csc(Nc2ccc(C)nc2C(=O)Nc2ccn(C)n2)n1.